The van der Waals surface area contributed by atoms with Gasteiger partial charge >= 0.3 is 0 Å². The molecule has 1 atom stereocenters. The summed E-state index contributed by atoms with van der Waals surface area (Å²) in [5, 5.41) is 0. The van der Waals surface area contributed by atoms with Gasteiger partial charge in [-0.2, -0.15) is 0 Å². The molecule has 0 radical (unpaired) electrons. The first-order valence-corrected chi connectivity index (χ1v) is 7.85. The van der Waals surface area contributed by atoms with Crippen LogP contribution in [0.25, 0.3) is 0 Å². The van der Waals surface area contributed by atoms with Crippen molar-refractivity contribution in [1.82, 2.24) is 14.9 Å². The fourth-order valence-corrected chi connectivity index (χ4v) is 3.71. The van der Waals surface area contributed by atoms with Crippen molar-refractivity contribution in [2.75, 3.05) is 13.1 Å². The van der Waals surface area contributed by atoms with Crippen LogP contribution < -0.4 is 0 Å². The molecule has 1 aliphatic heterocycles. The first-order valence-electron chi connectivity index (χ1n) is 7.85. The van der Waals surface area contributed by atoms with Crippen molar-refractivity contribution < 1.29 is 0 Å². The van der Waals surface area contributed by atoms with Crippen LogP contribution in [0.4, 0.5) is 0 Å². The van der Waals surface area contributed by atoms with Crippen LogP contribution in [0.3, 0.4) is 0 Å². The summed E-state index contributed by atoms with van der Waals surface area (Å²) in [6, 6.07) is 0.842. The number of aryl methyl sites for hydroxylation is 1. The highest BCUT2D eigenvalue weighted by atomic mass is 15.2. The van der Waals surface area contributed by atoms with Gasteiger partial charge in [-0.1, -0.05) is 19.3 Å². The van der Waals surface area contributed by atoms with E-state index >= 15 is 0 Å². The molecule has 104 valence electrons. The fourth-order valence-electron chi connectivity index (χ4n) is 3.71. The minimum atomic E-state index is 0.600. The van der Waals surface area contributed by atoms with Crippen molar-refractivity contribution in [2.45, 2.75) is 63.8 Å². The zero-order valence-corrected chi connectivity index (χ0v) is 12.0. The SMILES string of the molecule is Cc1cncc(C2CCCN(C3CCCCC3)C2)n1. The van der Waals surface area contributed by atoms with E-state index in [1.165, 1.54) is 63.7 Å². The predicted molar refractivity (Wildman–Crippen MR) is 77.2 cm³/mol. The molecule has 1 saturated carbocycles. The standard InChI is InChI=1S/C16H25N3/c1-13-10-17-11-16(18-13)14-6-5-9-19(12-14)15-7-3-2-4-8-15/h10-11,14-15H,2-9,12H2,1H3. The molecule has 0 N–H and O–H groups in total. The first kappa shape index (κ1) is 13.0. The molecule has 2 heterocycles. The minimum Gasteiger partial charge on any atom is -0.300 e. The molecular weight excluding hydrogens is 234 g/mol. The second-order valence-electron chi connectivity index (χ2n) is 6.21. The lowest BCUT2D eigenvalue weighted by Crippen LogP contribution is -2.43. The molecule has 1 aromatic rings. The van der Waals surface area contributed by atoms with Gasteiger partial charge < -0.3 is 0 Å². The van der Waals surface area contributed by atoms with Crippen LogP contribution in [-0.4, -0.2) is 34.0 Å². The summed E-state index contributed by atoms with van der Waals surface area (Å²) in [6.45, 7) is 4.53. The molecule has 0 aromatic carbocycles. The van der Waals surface area contributed by atoms with Crippen molar-refractivity contribution in [3.63, 3.8) is 0 Å². The predicted octanol–water partition coefficient (Wildman–Crippen LogP) is 3.30. The summed E-state index contributed by atoms with van der Waals surface area (Å²) >= 11 is 0. The Bertz CT molecular complexity index is 412. The van der Waals surface area contributed by atoms with Gasteiger partial charge in [0.15, 0.2) is 0 Å². The van der Waals surface area contributed by atoms with Gasteiger partial charge in [0, 0.05) is 30.9 Å². The summed E-state index contributed by atoms with van der Waals surface area (Å²) in [6.07, 6.45) is 13.5. The molecule has 1 saturated heterocycles. The topological polar surface area (TPSA) is 29.0 Å². The lowest BCUT2D eigenvalue weighted by Gasteiger charge is -2.39. The monoisotopic (exact) mass is 259 g/mol. The molecule has 0 spiro atoms. The van der Waals surface area contributed by atoms with Gasteiger partial charge in [-0.05, 0) is 39.2 Å². The summed E-state index contributed by atoms with van der Waals surface area (Å²) in [5.74, 6) is 0.600. The lowest BCUT2D eigenvalue weighted by atomic mass is 9.89. The van der Waals surface area contributed by atoms with Gasteiger partial charge in [0.2, 0.25) is 0 Å². The quantitative estimate of drug-likeness (QED) is 0.816. The summed E-state index contributed by atoms with van der Waals surface area (Å²) in [5.41, 5.74) is 2.26. The molecule has 3 rings (SSSR count). The van der Waals surface area contributed by atoms with Crippen LogP contribution in [0.1, 0.15) is 62.3 Å². The molecule has 0 bridgehead atoms. The van der Waals surface area contributed by atoms with Gasteiger partial charge in [0.05, 0.1) is 11.4 Å². The Labute approximate surface area is 116 Å². The lowest BCUT2D eigenvalue weighted by molar-refractivity contribution is 0.118. The largest absolute Gasteiger partial charge is 0.300 e. The molecule has 2 fully saturated rings. The maximum absolute atomic E-state index is 4.69. The Hall–Kier alpha value is -0.960. The zero-order chi connectivity index (χ0) is 13.1. The Morgan fingerprint density at radius 1 is 1.05 bits per heavy atom. The van der Waals surface area contributed by atoms with Crippen molar-refractivity contribution in [3.05, 3.63) is 23.8 Å². The minimum absolute atomic E-state index is 0.600. The van der Waals surface area contributed by atoms with Crippen molar-refractivity contribution in [2.24, 2.45) is 0 Å². The second-order valence-corrected chi connectivity index (χ2v) is 6.21. The molecular formula is C16H25N3. The van der Waals surface area contributed by atoms with E-state index in [0.717, 1.165) is 11.7 Å². The molecule has 0 amide bonds. The Morgan fingerprint density at radius 3 is 2.68 bits per heavy atom. The number of likely N-dealkylation sites (tertiary alicyclic amines) is 1. The summed E-state index contributed by atoms with van der Waals surface area (Å²) in [7, 11) is 0. The fraction of sp³-hybridized carbons (Fsp3) is 0.750. The number of nitrogens with zero attached hydrogens (tertiary/aromatic N) is 3. The molecule has 1 unspecified atom stereocenters. The van der Waals surface area contributed by atoms with E-state index in [9.17, 15) is 0 Å². The van der Waals surface area contributed by atoms with Crippen LogP contribution in [0.15, 0.2) is 12.4 Å². The third-order valence-corrected chi connectivity index (χ3v) is 4.74. The average Bonchev–Trinajstić information content (AvgIpc) is 2.48. The molecule has 3 nitrogen and oxygen atoms in total. The number of rotatable bonds is 2. The van der Waals surface area contributed by atoms with Crippen LogP contribution in [0.2, 0.25) is 0 Å². The van der Waals surface area contributed by atoms with Gasteiger partial charge in [-0.25, -0.2) is 0 Å². The second kappa shape index (κ2) is 6.00. The van der Waals surface area contributed by atoms with Crippen molar-refractivity contribution >= 4 is 0 Å². The van der Waals surface area contributed by atoms with Crippen LogP contribution in [-0.2, 0) is 0 Å². The van der Waals surface area contributed by atoms with Gasteiger partial charge in [-0.3, -0.25) is 14.9 Å². The third kappa shape index (κ3) is 3.14. The van der Waals surface area contributed by atoms with Crippen LogP contribution in [0.5, 0.6) is 0 Å². The molecule has 1 aromatic heterocycles. The van der Waals surface area contributed by atoms with E-state index in [1.807, 2.05) is 19.3 Å². The Balaban J connectivity index is 1.67. The molecule has 2 aliphatic rings. The maximum Gasteiger partial charge on any atom is 0.0633 e. The first-order chi connectivity index (χ1) is 9.33. The number of piperidine rings is 1. The Kier molecular flexibility index (Phi) is 4.12. The van der Waals surface area contributed by atoms with E-state index in [1.54, 1.807) is 0 Å². The highest BCUT2D eigenvalue weighted by Crippen LogP contribution is 2.30. The molecule has 1 aliphatic carbocycles. The normalized spacial score (nSPS) is 26.5. The summed E-state index contributed by atoms with van der Waals surface area (Å²) in [4.78, 5) is 11.7. The Morgan fingerprint density at radius 2 is 1.89 bits per heavy atom. The summed E-state index contributed by atoms with van der Waals surface area (Å²) < 4.78 is 0. The third-order valence-electron chi connectivity index (χ3n) is 4.74. The number of hydrogen-bond acceptors (Lipinski definition) is 3. The van der Waals surface area contributed by atoms with Crippen LogP contribution >= 0.6 is 0 Å². The van der Waals surface area contributed by atoms with E-state index in [2.05, 4.69) is 14.9 Å². The number of aromatic nitrogens is 2. The van der Waals surface area contributed by atoms with Gasteiger partial charge in [0.1, 0.15) is 0 Å². The molecule has 3 heteroatoms. The maximum atomic E-state index is 4.69. The molecule has 19 heavy (non-hydrogen) atoms. The van der Waals surface area contributed by atoms with Crippen molar-refractivity contribution in [3.8, 4) is 0 Å². The highest BCUT2D eigenvalue weighted by Gasteiger charge is 2.28. The van der Waals surface area contributed by atoms with Gasteiger partial charge in [-0.15, -0.1) is 0 Å². The average molecular weight is 259 g/mol. The van der Waals surface area contributed by atoms with E-state index in [-0.39, 0.29) is 0 Å². The van der Waals surface area contributed by atoms with E-state index in [0.29, 0.717) is 5.92 Å². The van der Waals surface area contributed by atoms with Crippen molar-refractivity contribution in [1.29, 1.82) is 0 Å². The van der Waals surface area contributed by atoms with E-state index in [4.69, 9.17) is 0 Å². The van der Waals surface area contributed by atoms with Gasteiger partial charge in [0.25, 0.3) is 0 Å². The smallest absolute Gasteiger partial charge is 0.0633 e. The highest BCUT2D eigenvalue weighted by molar-refractivity contribution is 5.09. The zero-order valence-electron chi connectivity index (χ0n) is 12.0. The van der Waals surface area contributed by atoms with E-state index < -0.39 is 0 Å². The van der Waals surface area contributed by atoms with Crippen LogP contribution in [0, 0.1) is 6.92 Å². The number of hydrogen-bond donors (Lipinski definition) is 0.